The maximum Gasteiger partial charge on any atom is 0.122 e. The lowest BCUT2D eigenvalue weighted by molar-refractivity contribution is 1.42. The smallest absolute Gasteiger partial charge is 0.122 e. The number of hydrogen-bond acceptors (Lipinski definition) is 4. The van der Waals surface area contributed by atoms with E-state index in [-0.39, 0.29) is 5.84 Å². The molecule has 3 nitrogen and oxygen atoms in total. The highest BCUT2D eigenvalue weighted by Crippen LogP contribution is 2.22. The van der Waals surface area contributed by atoms with Crippen LogP contribution in [0.4, 0.5) is 0 Å². The molecular weight excluding hydrogens is 250 g/mol. The predicted molar refractivity (Wildman–Crippen MR) is 78.2 cm³/mol. The van der Waals surface area contributed by atoms with Crippen LogP contribution < -0.4 is 5.73 Å². The van der Waals surface area contributed by atoms with Crippen molar-refractivity contribution in [2.45, 2.75) is 0 Å². The molecule has 3 N–H and O–H groups in total. The highest BCUT2D eigenvalue weighted by Gasteiger charge is 1.89. The number of nitriles is 1. The zero-order chi connectivity index (χ0) is 13.1. The van der Waals surface area contributed by atoms with Crippen LogP contribution in [-0.4, -0.2) is 18.3 Å². The fraction of sp³-hybridized carbons (Fsp3) is 0.167. The SMILES string of the molecule is CSC(=CC#N)SC.N=C(N)c1ccccc1. The maximum atomic E-state index is 8.15. The quantitative estimate of drug-likeness (QED) is 0.500. The molecule has 1 aromatic carbocycles. The minimum Gasteiger partial charge on any atom is -0.384 e. The molecule has 0 aromatic heterocycles. The number of nitrogens with two attached hydrogens (primary N) is 1. The van der Waals surface area contributed by atoms with Crippen LogP contribution in [0.2, 0.25) is 0 Å². The average molecular weight is 265 g/mol. The standard InChI is InChI=1S/C7H8N2.C5H7NS2/c8-7(9)6-4-2-1-3-5-6;1-7-5(8-2)3-4-6/h1-5H,(H3,8,9);3H,1-2H3. The van der Waals surface area contributed by atoms with Gasteiger partial charge in [-0.2, -0.15) is 5.26 Å². The minimum atomic E-state index is 0.121. The second kappa shape index (κ2) is 9.82. The lowest BCUT2D eigenvalue weighted by atomic mass is 10.2. The first kappa shape index (κ1) is 15.6. The van der Waals surface area contributed by atoms with Crippen molar-refractivity contribution in [3.8, 4) is 6.07 Å². The van der Waals surface area contributed by atoms with E-state index in [4.69, 9.17) is 16.4 Å². The number of nitrogen functional groups attached to an aromatic ring is 1. The van der Waals surface area contributed by atoms with Gasteiger partial charge in [0.15, 0.2) is 0 Å². The third-order valence-electron chi connectivity index (χ3n) is 1.67. The Morgan fingerprint density at radius 3 is 2.06 bits per heavy atom. The van der Waals surface area contributed by atoms with E-state index in [9.17, 15) is 0 Å². The van der Waals surface area contributed by atoms with Gasteiger partial charge in [0.2, 0.25) is 0 Å². The van der Waals surface area contributed by atoms with E-state index < -0.39 is 0 Å². The van der Waals surface area contributed by atoms with Gasteiger partial charge >= 0.3 is 0 Å². The summed E-state index contributed by atoms with van der Waals surface area (Å²) in [6, 6.07) is 11.2. The van der Waals surface area contributed by atoms with Crippen LogP contribution in [0.15, 0.2) is 40.6 Å². The molecule has 0 amide bonds. The lowest BCUT2D eigenvalue weighted by Crippen LogP contribution is -2.10. The summed E-state index contributed by atoms with van der Waals surface area (Å²) >= 11 is 3.19. The molecule has 17 heavy (non-hydrogen) atoms. The summed E-state index contributed by atoms with van der Waals surface area (Å²) in [5.41, 5.74) is 5.97. The monoisotopic (exact) mass is 265 g/mol. The lowest BCUT2D eigenvalue weighted by Gasteiger charge is -1.93. The molecule has 0 atom stereocenters. The third-order valence-corrected chi connectivity index (χ3v) is 3.71. The van der Waals surface area contributed by atoms with E-state index in [1.54, 1.807) is 29.6 Å². The van der Waals surface area contributed by atoms with Crippen molar-refractivity contribution in [1.82, 2.24) is 0 Å². The van der Waals surface area contributed by atoms with Gasteiger partial charge in [0.05, 0.1) is 10.3 Å². The number of nitrogens with one attached hydrogen (secondary N) is 1. The molecule has 0 fully saturated rings. The average Bonchev–Trinajstić information content (AvgIpc) is 2.37. The van der Waals surface area contributed by atoms with Crippen LogP contribution >= 0.6 is 23.5 Å². The van der Waals surface area contributed by atoms with Gasteiger partial charge in [-0.15, -0.1) is 23.5 Å². The molecule has 0 heterocycles. The number of rotatable bonds is 3. The van der Waals surface area contributed by atoms with Gasteiger partial charge in [-0.3, -0.25) is 5.41 Å². The molecular formula is C12H15N3S2. The summed E-state index contributed by atoms with van der Waals surface area (Å²) in [4.78, 5) is 0. The Labute approximate surface area is 111 Å². The largest absolute Gasteiger partial charge is 0.384 e. The first-order valence-electron chi connectivity index (χ1n) is 4.73. The van der Waals surface area contributed by atoms with Gasteiger partial charge in [-0.1, -0.05) is 30.3 Å². The number of benzene rings is 1. The first-order chi connectivity index (χ1) is 8.15. The van der Waals surface area contributed by atoms with Crippen LogP contribution in [0.25, 0.3) is 0 Å². The molecule has 0 radical (unpaired) electrons. The number of amidine groups is 1. The third kappa shape index (κ3) is 7.50. The fourth-order valence-electron chi connectivity index (χ4n) is 0.872. The first-order valence-corrected chi connectivity index (χ1v) is 7.17. The predicted octanol–water partition coefficient (Wildman–Crippen LogP) is 3.05. The van der Waals surface area contributed by atoms with E-state index >= 15 is 0 Å². The summed E-state index contributed by atoms with van der Waals surface area (Å²) in [6.07, 6.45) is 5.47. The molecule has 0 unspecified atom stereocenters. The zero-order valence-electron chi connectivity index (χ0n) is 9.81. The Balaban J connectivity index is 0.000000304. The Kier molecular flexibility index (Phi) is 9.02. The Hall–Kier alpha value is -1.38. The summed E-state index contributed by atoms with van der Waals surface area (Å²) < 4.78 is 1.06. The van der Waals surface area contributed by atoms with Crippen molar-refractivity contribution in [3.63, 3.8) is 0 Å². The number of thioether (sulfide) groups is 2. The van der Waals surface area contributed by atoms with Gasteiger partial charge < -0.3 is 5.73 Å². The molecule has 0 bridgehead atoms. The number of nitrogens with zero attached hydrogens (tertiary/aromatic N) is 1. The normalized spacial score (nSPS) is 8.29. The van der Waals surface area contributed by atoms with Gasteiger partial charge in [0.1, 0.15) is 5.84 Å². The highest BCUT2D eigenvalue weighted by molar-refractivity contribution is 8.21. The van der Waals surface area contributed by atoms with Crippen LogP contribution in [-0.2, 0) is 0 Å². The van der Waals surface area contributed by atoms with E-state index in [1.165, 1.54) is 0 Å². The Bertz CT molecular complexity index is 402. The summed E-state index contributed by atoms with van der Waals surface area (Å²) in [5, 5.41) is 15.2. The molecule has 0 spiro atoms. The molecule has 90 valence electrons. The summed E-state index contributed by atoms with van der Waals surface area (Å²) in [7, 11) is 0. The topological polar surface area (TPSA) is 73.7 Å². The summed E-state index contributed by atoms with van der Waals surface area (Å²) in [5.74, 6) is 0.121. The minimum absolute atomic E-state index is 0.121. The van der Waals surface area contributed by atoms with Crippen molar-refractivity contribution in [2.75, 3.05) is 12.5 Å². The van der Waals surface area contributed by atoms with E-state index in [0.717, 1.165) is 9.80 Å². The van der Waals surface area contributed by atoms with Crippen molar-refractivity contribution in [2.24, 2.45) is 5.73 Å². The van der Waals surface area contributed by atoms with E-state index in [0.29, 0.717) is 0 Å². The van der Waals surface area contributed by atoms with Crippen molar-refractivity contribution in [1.29, 1.82) is 10.7 Å². The van der Waals surface area contributed by atoms with Gasteiger partial charge in [0.25, 0.3) is 0 Å². The summed E-state index contributed by atoms with van der Waals surface area (Å²) in [6.45, 7) is 0. The van der Waals surface area contributed by atoms with Crippen molar-refractivity contribution >= 4 is 29.4 Å². The zero-order valence-corrected chi connectivity index (χ0v) is 11.4. The van der Waals surface area contributed by atoms with Crippen molar-refractivity contribution < 1.29 is 0 Å². The molecule has 0 saturated carbocycles. The van der Waals surface area contributed by atoms with Crippen LogP contribution in [0.1, 0.15) is 5.56 Å². The molecule has 0 aliphatic heterocycles. The van der Waals surface area contributed by atoms with Gasteiger partial charge in [-0.05, 0) is 12.5 Å². The second-order valence-electron chi connectivity index (χ2n) is 2.78. The second-order valence-corrected chi connectivity index (χ2v) is 4.73. The van der Waals surface area contributed by atoms with Crippen LogP contribution in [0.3, 0.4) is 0 Å². The molecule has 1 aromatic rings. The molecule has 0 aliphatic rings. The Morgan fingerprint density at radius 2 is 1.82 bits per heavy atom. The number of allylic oxidation sites excluding steroid dienone is 1. The van der Waals surface area contributed by atoms with Gasteiger partial charge in [-0.25, -0.2) is 0 Å². The molecule has 5 heteroatoms. The van der Waals surface area contributed by atoms with Gasteiger partial charge in [0, 0.05) is 11.6 Å². The fourth-order valence-corrected chi connectivity index (χ4v) is 1.88. The van der Waals surface area contributed by atoms with Crippen LogP contribution in [0.5, 0.6) is 0 Å². The highest BCUT2D eigenvalue weighted by atomic mass is 32.2. The molecule has 0 saturated heterocycles. The molecule has 0 aliphatic carbocycles. The van der Waals surface area contributed by atoms with Crippen molar-refractivity contribution in [3.05, 3.63) is 46.2 Å². The number of hydrogen-bond donors (Lipinski definition) is 2. The Morgan fingerprint density at radius 1 is 1.29 bits per heavy atom. The molecule has 1 rings (SSSR count). The van der Waals surface area contributed by atoms with Crippen LogP contribution in [0, 0.1) is 16.7 Å². The maximum absolute atomic E-state index is 8.15. The van der Waals surface area contributed by atoms with E-state index in [1.807, 2.05) is 48.9 Å². The van der Waals surface area contributed by atoms with E-state index in [2.05, 4.69) is 0 Å².